The minimum Gasteiger partial charge on any atom is -0.398 e. The number of aryl methyl sites for hydroxylation is 1. The van der Waals surface area contributed by atoms with Gasteiger partial charge in [-0.05, 0) is 49.1 Å². The largest absolute Gasteiger partial charge is 0.398 e. The van der Waals surface area contributed by atoms with Crippen molar-refractivity contribution in [3.63, 3.8) is 0 Å². The summed E-state index contributed by atoms with van der Waals surface area (Å²) in [7, 11) is -2.34. The lowest BCUT2D eigenvalue weighted by atomic mass is 10.0. The molecule has 94 valence electrons. The Morgan fingerprint density at radius 2 is 1.72 bits per heavy atom. The van der Waals surface area contributed by atoms with Crippen LogP contribution in [0.15, 0.2) is 42.5 Å². The van der Waals surface area contributed by atoms with Crippen molar-refractivity contribution in [1.29, 1.82) is 0 Å². The summed E-state index contributed by atoms with van der Waals surface area (Å²) in [6.07, 6.45) is 0. The predicted molar refractivity (Wildman–Crippen MR) is 80.1 cm³/mol. The van der Waals surface area contributed by atoms with Crippen LogP contribution in [0.5, 0.6) is 0 Å². The lowest BCUT2D eigenvalue weighted by Gasteiger charge is -2.13. The fraction of sp³-hybridized carbons (Fsp3) is 0.200. The highest BCUT2D eigenvalue weighted by atomic mass is 31.2. The van der Waals surface area contributed by atoms with Crippen LogP contribution in [0, 0.1) is 6.92 Å². The van der Waals surface area contributed by atoms with Gasteiger partial charge in [-0.15, -0.1) is 0 Å². The Bertz CT molecular complexity index is 628. The molecule has 18 heavy (non-hydrogen) atoms. The molecule has 0 heterocycles. The first-order valence-electron chi connectivity index (χ1n) is 5.90. The van der Waals surface area contributed by atoms with Crippen LogP contribution in [-0.4, -0.2) is 13.3 Å². The molecule has 3 heteroatoms. The van der Waals surface area contributed by atoms with E-state index in [1.165, 1.54) is 5.56 Å². The molecule has 0 bridgehead atoms. The summed E-state index contributed by atoms with van der Waals surface area (Å²) in [4.78, 5) is 0. The van der Waals surface area contributed by atoms with Gasteiger partial charge in [0.1, 0.15) is 7.14 Å². The van der Waals surface area contributed by atoms with E-state index < -0.39 is 7.14 Å². The van der Waals surface area contributed by atoms with Crippen LogP contribution >= 0.6 is 7.14 Å². The molecule has 0 amide bonds. The number of hydrogen-bond acceptors (Lipinski definition) is 2. The van der Waals surface area contributed by atoms with Gasteiger partial charge in [0.2, 0.25) is 0 Å². The zero-order valence-corrected chi connectivity index (χ0v) is 11.9. The van der Waals surface area contributed by atoms with E-state index in [9.17, 15) is 4.57 Å². The van der Waals surface area contributed by atoms with Crippen LogP contribution in [0.1, 0.15) is 5.56 Å². The lowest BCUT2D eigenvalue weighted by molar-refractivity contribution is 0.588. The van der Waals surface area contributed by atoms with Gasteiger partial charge in [-0.25, -0.2) is 0 Å². The SMILES string of the molecule is Cc1ccccc1-c1ccc(N)c(P(C)(C)=O)c1. The highest BCUT2D eigenvalue weighted by Crippen LogP contribution is 2.38. The number of nitrogens with two attached hydrogens (primary N) is 1. The summed E-state index contributed by atoms with van der Waals surface area (Å²) in [6.45, 7) is 5.57. The second kappa shape index (κ2) is 4.62. The predicted octanol–water partition coefficient (Wildman–Crippen LogP) is 3.49. The third-order valence-electron chi connectivity index (χ3n) is 3.07. The maximum absolute atomic E-state index is 12.2. The fourth-order valence-electron chi connectivity index (χ4n) is 2.07. The monoisotopic (exact) mass is 259 g/mol. The van der Waals surface area contributed by atoms with Gasteiger partial charge in [-0.2, -0.15) is 0 Å². The smallest absolute Gasteiger partial charge is 0.111 e. The van der Waals surface area contributed by atoms with Crippen molar-refractivity contribution in [3.8, 4) is 11.1 Å². The zero-order chi connectivity index (χ0) is 13.3. The minimum absolute atomic E-state index is 0.612. The van der Waals surface area contributed by atoms with Gasteiger partial charge in [0.25, 0.3) is 0 Å². The van der Waals surface area contributed by atoms with Crippen LogP contribution in [-0.2, 0) is 4.57 Å². The van der Waals surface area contributed by atoms with Crippen LogP contribution < -0.4 is 11.0 Å². The van der Waals surface area contributed by atoms with E-state index in [-0.39, 0.29) is 0 Å². The second-order valence-corrected chi connectivity index (χ2v) is 8.12. The third kappa shape index (κ3) is 2.49. The van der Waals surface area contributed by atoms with Crippen molar-refractivity contribution in [1.82, 2.24) is 0 Å². The number of benzene rings is 2. The molecular weight excluding hydrogens is 241 g/mol. The van der Waals surface area contributed by atoms with Crippen molar-refractivity contribution in [3.05, 3.63) is 48.0 Å². The number of rotatable bonds is 2. The first-order chi connectivity index (χ1) is 8.39. The molecule has 0 atom stereocenters. The maximum atomic E-state index is 12.2. The molecule has 0 spiro atoms. The molecule has 0 aliphatic carbocycles. The Hall–Kier alpha value is -1.53. The molecule has 2 N–H and O–H groups in total. The minimum atomic E-state index is -2.34. The highest BCUT2D eigenvalue weighted by molar-refractivity contribution is 7.70. The number of anilines is 1. The van der Waals surface area contributed by atoms with Crippen LogP contribution in [0.25, 0.3) is 11.1 Å². The Morgan fingerprint density at radius 1 is 1.06 bits per heavy atom. The van der Waals surface area contributed by atoms with Crippen molar-refractivity contribution in [2.75, 3.05) is 19.1 Å². The maximum Gasteiger partial charge on any atom is 0.111 e. The molecule has 0 aliphatic heterocycles. The Kier molecular flexibility index (Phi) is 3.32. The van der Waals surface area contributed by atoms with Crippen molar-refractivity contribution >= 4 is 18.1 Å². The van der Waals surface area contributed by atoms with Gasteiger partial charge in [-0.3, -0.25) is 0 Å². The lowest BCUT2D eigenvalue weighted by Crippen LogP contribution is -2.10. The van der Waals surface area contributed by atoms with Gasteiger partial charge in [0.15, 0.2) is 0 Å². The molecule has 2 aromatic rings. The molecule has 2 nitrogen and oxygen atoms in total. The van der Waals surface area contributed by atoms with Gasteiger partial charge in [0.05, 0.1) is 0 Å². The standard InChI is InChI=1S/C15H18NOP/c1-11-6-4-5-7-13(11)12-8-9-14(16)15(10-12)18(2,3)17/h4-10H,16H2,1-3H3. The van der Waals surface area contributed by atoms with E-state index in [1.54, 1.807) is 13.3 Å². The first-order valence-corrected chi connectivity index (χ1v) is 8.51. The second-order valence-electron chi connectivity index (χ2n) is 4.94. The molecule has 0 aliphatic rings. The molecule has 0 saturated carbocycles. The molecule has 0 unspecified atom stereocenters. The van der Waals surface area contributed by atoms with Crippen molar-refractivity contribution < 1.29 is 4.57 Å². The van der Waals surface area contributed by atoms with Gasteiger partial charge in [-0.1, -0.05) is 30.3 Å². The molecule has 2 rings (SSSR count). The van der Waals surface area contributed by atoms with Gasteiger partial charge >= 0.3 is 0 Å². The molecule has 0 aromatic heterocycles. The Morgan fingerprint density at radius 3 is 2.33 bits per heavy atom. The average Bonchev–Trinajstić information content (AvgIpc) is 2.29. The Balaban J connectivity index is 2.62. The van der Waals surface area contributed by atoms with E-state index in [1.807, 2.05) is 30.3 Å². The van der Waals surface area contributed by atoms with Gasteiger partial charge in [0, 0.05) is 11.0 Å². The van der Waals surface area contributed by atoms with Gasteiger partial charge < -0.3 is 10.3 Å². The van der Waals surface area contributed by atoms with E-state index >= 15 is 0 Å². The van der Waals surface area contributed by atoms with Crippen LogP contribution in [0.3, 0.4) is 0 Å². The summed E-state index contributed by atoms with van der Waals surface area (Å²) in [6, 6.07) is 14.0. The topological polar surface area (TPSA) is 43.1 Å². The summed E-state index contributed by atoms with van der Waals surface area (Å²) in [5.74, 6) is 0. The van der Waals surface area contributed by atoms with E-state index in [0.29, 0.717) is 5.69 Å². The van der Waals surface area contributed by atoms with E-state index in [4.69, 9.17) is 5.73 Å². The summed E-state index contributed by atoms with van der Waals surface area (Å²) < 4.78 is 12.2. The third-order valence-corrected chi connectivity index (χ3v) is 4.61. The number of nitrogen functional groups attached to an aromatic ring is 1. The zero-order valence-electron chi connectivity index (χ0n) is 11.0. The first kappa shape index (κ1) is 12.9. The molecule has 2 aromatic carbocycles. The van der Waals surface area contributed by atoms with Crippen LogP contribution in [0.2, 0.25) is 0 Å². The molecule has 0 radical (unpaired) electrons. The fourth-order valence-corrected chi connectivity index (χ4v) is 3.22. The summed E-state index contributed by atoms with van der Waals surface area (Å²) in [5.41, 5.74) is 9.97. The molecule has 0 saturated heterocycles. The van der Waals surface area contributed by atoms with Crippen LogP contribution in [0.4, 0.5) is 5.69 Å². The summed E-state index contributed by atoms with van der Waals surface area (Å²) >= 11 is 0. The quantitative estimate of drug-likeness (QED) is 0.662. The average molecular weight is 259 g/mol. The summed E-state index contributed by atoms with van der Waals surface area (Å²) in [5, 5.41) is 0.767. The number of hydrogen-bond donors (Lipinski definition) is 1. The molecule has 0 fully saturated rings. The Labute approximate surface area is 108 Å². The van der Waals surface area contributed by atoms with E-state index in [2.05, 4.69) is 19.1 Å². The molecular formula is C15H18NOP. The normalized spacial score (nSPS) is 11.5. The highest BCUT2D eigenvalue weighted by Gasteiger charge is 2.15. The van der Waals surface area contributed by atoms with Crippen molar-refractivity contribution in [2.24, 2.45) is 0 Å². The van der Waals surface area contributed by atoms with E-state index in [0.717, 1.165) is 16.4 Å². The van der Waals surface area contributed by atoms with Crippen molar-refractivity contribution in [2.45, 2.75) is 6.92 Å².